The number of rotatable bonds is 6. The third-order valence-electron chi connectivity index (χ3n) is 4.66. The van der Waals surface area contributed by atoms with Crippen LogP contribution in [0.2, 0.25) is 5.02 Å². The van der Waals surface area contributed by atoms with Crippen LogP contribution in [0.4, 0.5) is 5.69 Å². The van der Waals surface area contributed by atoms with Gasteiger partial charge in [0, 0.05) is 12.1 Å². The van der Waals surface area contributed by atoms with Gasteiger partial charge in [0.05, 0.1) is 31.5 Å². The van der Waals surface area contributed by atoms with E-state index in [0.29, 0.717) is 26.7 Å². The second kappa shape index (κ2) is 9.39. The van der Waals surface area contributed by atoms with Gasteiger partial charge in [-0.1, -0.05) is 23.7 Å². The summed E-state index contributed by atoms with van der Waals surface area (Å²) in [5, 5.41) is 15.4. The van der Waals surface area contributed by atoms with Crippen LogP contribution >= 0.6 is 27.5 Å². The summed E-state index contributed by atoms with van der Waals surface area (Å²) in [6.07, 6.45) is 1.34. The number of H-pyrrole nitrogens is 1. The maximum atomic E-state index is 12.6. The van der Waals surface area contributed by atoms with Crippen molar-refractivity contribution >= 4 is 50.3 Å². The van der Waals surface area contributed by atoms with E-state index < -0.39 is 16.2 Å². The zero-order valence-corrected chi connectivity index (χ0v) is 19.0. The Balaban J connectivity index is 1.56. The first-order chi connectivity index (χ1) is 15.8. The van der Waals surface area contributed by atoms with E-state index in [-0.39, 0.29) is 17.3 Å². The van der Waals surface area contributed by atoms with Gasteiger partial charge in [-0.2, -0.15) is 5.10 Å². The molecule has 0 aliphatic rings. The van der Waals surface area contributed by atoms with E-state index in [2.05, 4.69) is 26.0 Å². The van der Waals surface area contributed by atoms with Crippen molar-refractivity contribution in [1.82, 2.24) is 9.66 Å². The van der Waals surface area contributed by atoms with E-state index in [1.807, 2.05) is 0 Å². The van der Waals surface area contributed by atoms with Gasteiger partial charge in [0.2, 0.25) is 0 Å². The fourth-order valence-corrected chi connectivity index (χ4v) is 4.03. The molecule has 0 radical (unpaired) electrons. The average molecular weight is 530 g/mol. The molecular weight excluding hydrogens is 516 g/mol. The molecule has 0 atom stereocenters. The van der Waals surface area contributed by atoms with Gasteiger partial charge in [-0.05, 0) is 63.5 Å². The molecule has 0 saturated heterocycles. The fourth-order valence-electron chi connectivity index (χ4n) is 3.04. The van der Waals surface area contributed by atoms with E-state index in [0.717, 1.165) is 10.2 Å². The number of non-ortho nitro benzene ring substituents is 1. The summed E-state index contributed by atoms with van der Waals surface area (Å²) in [4.78, 5) is 37.7. The van der Waals surface area contributed by atoms with E-state index in [9.17, 15) is 19.7 Å². The maximum Gasteiger partial charge on any atom is 0.349 e. The summed E-state index contributed by atoms with van der Waals surface area (Å²) < 4.78 is 7.02. The summed E-state index contributed by atoms with van der Waals surface area (Å²) in [6, 6.07) is 15.9. The lowest BCUT2D eigenvalue weighted by Gasteiger charge is -2.11. The van der Waals surface area contributed by atoms with Crippen LogP contribution in [0.15, 0.2) is 79.8 Å². The Morgan fingerprint density at radius 2 is 1.88 bits per heavy atom. The highest BCUT2D eigenvalue weighted by molar-refractivity contribution is 9.10. The first-order valence-electron chi connectivity index (χ1n) is 9.47. The topological polar surface area (TPSA) is 120 Å². The van der Waals surface area contributed by atoms with Crippen molar-refractivity contribution in [1.29, 1.82) is 0 Å². The Kier molecular flexibility index (Phi) is 6.38. The number of nitrogens with one attached hydrogen (secondary N) is 1. The molecule has 0 amide bonds. The lowest BCUT2D eigenvalue weighted by Crippen LogP contribution is -2.32. The molecule has 0 aliphatic carbocycles. The van der Waals surface area contributed by atoms with Gasteiger partial charge < -0.3 is 9.72 Å². The Labute approximate surface area is 199 Å². The highest BCUT2D eigenvalue weighted by Gasteiger charge is 2.11. The maximum absolute atomic E-state index is 12.6. The first-order valence-corrected chi connectivity index (χ1v) is 10.6. The van der Waals surface area contributed by atoms with Crippen molar-refractivity contribution < 1.29 is 9.66 Å². The summed E-state index contributed by atoms with van der Waals surface area (Å²) in [5.41, 5.74) is 0.463. The predicted octanol–water partition coefficient (Wildman–Crippen LogP) is 4.48. The van der Waals surface area contributed by atoms with Crippen LogP contribution in [-0.2, 0) is 6.61 Å². The van der Waals surface area contributed by atoms with Gasteiger partial charge in [-0.3, -0.25) is 14.9 Å². The van der Waals surface area contributed by atoms with Crippen LogP contribution in [0.25, 0.3) is 10.9 Å². The molecular formula is C22H14BrClN4O5. The number of aromatic amines is 1. The van der Waals surface area contributed by atoms with Crippen molar-refractivity contribution in [2.45, 2.75) is 6.61 Å². The second-order valence-electron chi connectivity index (χ2n) is 6.86. The van der Waals surface area contributed by atoms with E-state index >= 15 is 0 Å². The molecule has 4 rings (SSSR count). The summed E-state index contributed by atoms with van der Waals surface area (Å²) >= 11 is 9.74. The van der Waals surface area contributed by atoms with E-state index in [1.54, 1.807) is 48.5 Å². The highest BCUT2D eigenvalue weighted by atomic mass is 79.9. The van der Waals surface area contributed by atoms with Gasteiger partial charge >= 0.3 is 5.69 Å². The fraction of sp³-hybridized carbons (Fsp3) is 0.0455. The number of ether oxygens (including phenoxy) is 1. The number of para-hydroxylation sites is 1. The van der Waals surface area contributed by atoms with Crippen LogP contribution in [0.1, 0.15) is 11.1 Å². The van der Waals surface area contributed by atoms with Gasteiger partial charge in [0.1, 0.15) is 6.61 Å². The van der Waals surface area contributed by atoms with Gasteiger partial charge in [-0.25, -0.2) is 4.79 Å². The Morgan fingerprint density at radius 3 is 2.58 bits per heavy atom. The van der Waals surface area contributed by atoms with Crippen molar-refractivity contribution in [2.24, 2.45) is 5.10 Å². The molecule has 1 N–H and O–H groups in total. The summed E-state index contributed by atoms with van der Waals surface area (Å²) in [5.74, 6) is 0.368. The predicted molar refractivity (Wildman–Crippen MR) is 128 cm³/mol. The lowest BCUT2D eigenvalue weighted by molar-refractivity contribution is -0.384. The number of fused-ring (bicyclic) bond motifs is 1. The van der Waals surface area contributed by atoms with Crippen LogP contribution in [-0.4, -0.2) is 20.8 Å². The number of aromatic nitrogens is 2. The zero-order valence-electron chi connectivity index (χ0n) is 16.7. The Hall–Kier alpha value is -3.76. The molecule has 11 heteroatoms. The van der Waals surface area contributed by atoms with Crippen molar-refractivity contribution in [3.8, 4) is 5.75 Å². The molecule has 0 spiro atoms. The number of nitro groups is 1. The second-order valence-corrected chi connectivity index (χ2v) is 8.12. The Bertz CT molecular complexity index is 1490. The standard InChI is InChI=1S/C22H14BrClN4O5/c23-17-9-14(11-25-27-21(29)16-3-1-2-4-19(16)26-22(27)30)10-18(24)20(17)33-12-13-5-7-15(8-6-13)28(31)32/h1-11H,12H2,(H,26,30). The van der Waals surface area contributed by atoms with Crippen LogP contribution in [0, 0.1) is 10.1 Å². The lowest BCUT2D eigenvalue weighted by atomic mass is 10.2. The molecule has 0 fully saturated rings. The molecule has 33 heavy (non-hydrogen) atoms. The summed E-state index contributed by atoms with van der Waals surface area (Å²) in [6.45, 7) is 0.144. The van der Waals surface area contributed by atoms with Gasteiger partial charge in [0.15, 0.2) is 5.75 Å². The third-order valence-corrected chi connectivity index (χ3v) is 5.53. The molecule has 0 saturated carbocycles. The molecule has 166 valence electrons. The minimum absolute atomic E-state index is 0.00837. The minimum atomic E-state index is -0.664. The average Bonchev–Trinajstić information content (AvgIpc) is 2.78. The number of nitrogens with zero attached hydrogens (tertiary/aromatic N) is 3. The number of hydrogen-bond acceptors (Lipinski definition) is 6. The van der Waals surface area contributed by atoms with E-state index in [4.69, 9.17) is 16.3 Å². The molecule has 0 unspecified atom stereocenters. The van der Waals surface area contributed by atoms with Gasteiger partial charge in [0.25, 0.3) is 11.2 Å². The number of nitro benzene ring substituents is 1. The van der Waals surface area contributed by atoms with Crippen molar-refractivity contribution in [3.05, 3.63) is 112 Å². The first kappa shape index (κ1) is 22.4. The number of benzene rings is 3. The van der Waals surface area contributed by atoms with Crippen molar-refractivity contribution in [3.63, 3.8) is 0 Å². The number of hydrogen-bond donors (Lipinski definition) is 1. The largest absolute Gasteiger partial charge is 0.486 e. The van der Waals surface area contributed by atoms with Gasteiger partial charge in [-0.15, -0.1) is 4.68 Å². The quantitative estimate of drug-likeness (QED) is 0.224. The zero-order chi connectivity index (χ0) is 23.5. The molecule has 3 aromatic carbocycles. The molecule has 1 heterocycles. The monoisotopic (exact) mass is 528 g/mol. The molecule has 0 aliphatic heterocycles. The molecule has 0 bridgehead atoms. The third kappa shape index (κ3) is 4.86. The van der Waals surface area contributed by atoms with Crippen molar-refractivity contribution in [2.75, 3.05) is 0 Å². The SMILES string of the molecule is O=c1[nH]c2ccccc2c(=O)n1N=Cc1cc(Cl)c(OCc2ccc([N+](=O)[O-])cc2)c(Br)c1. The van der Waals surface area contributed by atoms with Crippen LogP contribution in [0.5, 0.6) is 5.75 Å². The van der Waals surface area contributed by atoms with Crippen LogP contribution in [0.3, 0.4) is 0 Å². The molecule has 9 nitrogen and oxygen atoms in total. The normalized spacial score (nSPS) is 11.2. The highest BCUT2D eigenvalue weighted by Crippen LogP contribution is 2.34. The summed E-state index contributed by atoms with van der Waals surface area (Å²) in [7, 11) is 0. The minimum Gasteiger partial charge on any atom is -0.486 e. The number of halogens is 2. The molecule has 4 aromatic rings. The van der Waals surface area contributed by atoms with Crippen LogP contribution < -0.4 is 16.0 Å². The van der Waals surface area contributed by atoms with E-state index in [1.165, 1.54) is 18.3 Å². The molecule has 1 aromatic heterocycles. The Morgan fingerprint density at radius 1 is 1.15 bits per heavy atom. The smallest absolute Gasteiger partial charge is 0.349 e.